The summed E-state index contributed by atoms with van der Waals surface area (Å²) >= 11 is 0. The molecule has 0 aromatic rings. The van der Waals surface area contributed by atoms with Crippen molar-refractivity contribution in [2.24, 2.45) is 17.6 Å². The van der Waals surface area contributed by atoms with Crippen LogP contribution in [0.3, 0.4) is 0 Å². The van der Waals surface area contributed by atoms with Crippen molar-refractivity contribution < 1.29 is 4.57 Å². The quantitative estimate of drug-likeness (QED) is 0.343. The third kappa shape index (κ3) is 7.02. The summed E-state index contributed by atoms with van der Waals surface area (Å²) < 4.78 is 14.4. The maximum absolute atomic E-state index is 14.4. The molecule has 2 unspecified atom stereocenters. The molecule has 150 valence electrons. The summed E-state index contributed by atoms with van der Waals surface area (Å²) in [6, 6.07) is 0. The molecule has 0 saturated heterocycles. The Labute approximate surface area is 158 Å². The SMILES string of the molecule is CCCCC(CC)CP(=O)(CC(CC)CCCC)C1(N)CCCCC1. The van der Waals surface area contributed by atoms with Crippen LogP contribution >= 0.6 is 7.14 Å². The van der Waals surface area contributed by atoms with Crippen molar-refractivity contribution in [1.82, 2.24) is 0 Å². The van der Waals surface area contributed by atoms with E-state index in [9.17, 15) is 4.57 Å². The van der Waals surface area contributed by atoms with Gasteiger partial charge in [0.1, 0.15) is 7.14 Å². The number of rotatable bonds is 13. The molecule has 1 aliphatic rings. The maximum Gasteiger partial charge on any atom is 0.107 e. The second kappa shape index (κ2) is 11.8. The van der Waals surface area contributed by atoms with Crippen molar-refractivity contribution >= 4 is 7.14 Å². The van der Waals surface area contributed by atoms with E-state index in [1.165, 1.54) is 57.8 Å². The van der Waals surface area contributed by atoms with Gasteiger partial charge in [0.25, 0.3) is 0 Å². The molecular weight excluding hydrogens is 325 g/mol. The highest BCUT2D eigenvalue weighted by molar-refractivity contribution is 7.65. The lowest BCUT2D eigenvalue weighted by molar-refractivity contribution is 0.366. The summed E-state index contributed by atoms with van der Waals surface area (Å²) in [5.41, 5.74) is 6.94. The van der Waals surface area contributed by atoms with Crippen LogP contribution in [-0.2, 0) is 4.57 Å². The summed E-state index contributed by atoms with van der Waals surface area (Å²) in [5.74, 6) is 1.22. The minimum Gasteiger partial charge on any atom is -0.322 e. The number of nitrogens with two attached hydrogens (primary N) is 1. The maximum atomic E-state index is 14.4. The minimum atomic E-state index is -2.35. The first-order chi connectivity index (χ1) is 11.9. The highest BCUT2D eigenvalue weighted by Crippen LogP contribution is 2.63. The molecule has 0 bridgehead atoms. The fraction of sp³-hybridized carbons (Fsp3) is 1.00. The summed E-state index contributed by atoms with van der Waals surface area (Å²) in [6.45, 7) is 9.08. The topological polar surface area (TPSA) is 43.1 Å². The van der Waals surface area contributed by atoms with Crippen LogP contribution < -0.4 is 5.73 Å². The van der Waals surface area contributed by atoms with Gasteiger partial charge in [-0.2, -0.15) is 0 Å². The van der Waals surface area contributed by atoms with Gasteiger partial charge >= 0.3 is 0 Å². The molecule has 1 saturated carbocycles. The van der Waals surface area contributed by atoms with Gasteiger partial charge < -0.3 is 10.3 Å². The second-order valence-corrected chi connectivity index (χ2v) is 12.2. The average molecular weight is 372 g/mol. The van der Waals surface area contributed by atoms with Gasteiger partial charge in [-0.3, -0.25) is 0 Å². The molecule has 0 aromatic carbocycles. The molecule has 25 heavy (non-hydrogen) atoms. The molecule has 0 heterocycles. The molecular formula is C22H46NOP. The van der Waals surface area contributed by atoms with E-state index in [0.717, 1.165) is 38.0 Å². The first-order valence-electron chi connectivity index (χ1n) is 11.3. The van der Waals surface area contributed by atoms with Crippen LogP contribution in [0.15, 0.2) is 0 Å². The lowest BCUT2D eigenvalue weighted by Crippen LogP contribution is -2.44. The van der Waals surface area contributed by atoms with Crippen LogP contribution in [-0.4, -0.2) is 17.6 Å². The van der Waals surface area contributed by atoms with Gasteiger partial charge in [0.15, 0.2) is 0 Å². The third-order valence-electron chi connectivity index (χ3n) is 6.72. The first kappa shape index (κ1) is 23.2. The van der Waals surface area contributed by atoms with Crippen LogP contribution in [0.2, 0.25) is 0 Å². The first-order valence-corrected chi connectivity index (χ1v) is 13.4. The fourth-order valence-electron chi connectivity index (χ4n) is 4.68. The Kier molecular flexibility index (Phi) is 11.0. The second-order valence-electron chi connectivity index (χ2n) is 8.75. The van der Waals surface area contributed by atoms with Crippen LogP contribution in [0.4, 0.5) is 0 Å². The minimum absolute atomic E-state index is 0.357. The van der Waals surface area contributed by atoms with Gasteiger partial charge in [0.05, 0.1) is 5.28 Å². The Morgan fingerprint density at radius 1 is 0.840 bits per heavy atom. The highest BCUT2D eigenvalue weighted by atomic mass is 31.2. The molecule has 1 aliphatic carbocycles. The zero-order valence-electron chi connectivity index (χ0n) is 17.7. The van der Waals surface area contributed by atoms with E-state index >= 15 is 0 Å². The molecule has 1 rings (SSSR count). The molecule has 3 heteroatoms. The van der Waals surface area contributed by atoms with E-state index in [1.54, 1.807) is 0 Å². The summed E-state index contributed by atoms with van der Waals surface area (Å²) in [4.78, 5) is 0. The smallest absolute Gasteiger partial charge is 0.107 e. The molecule has 0 spiro atoms. The number of unbranched alkanes of at least 4 members (excludes halogenated alkanes) is 2. The van der Waals surface area contributed by atoms with Crippen LogP contribution in [0.5, 0.6) is 0 Å². The Hall–Kier alpha value is 0.190. The Bertz CT molecular complexity index is 367. The average Bonchev–Trinajstić information content (AvgIpc) is 2.62. The van der Waals surface area contributed by atoms with Crippen molar-refractivity contribution in [3.8, 4) is 0 Å². The van der Waals surface area contributed by atoms with E-state index < -0.39 is 7.14 Å². The van der Waals surface area contributed by atoms with Gasteiger partial charge in [-0.15, -0.1) is 0 Å². The van der Waals surface area contributed by atoms with Gasteiger partial charge in [-0.1, -0.05) is 98.3 Å². The van der Waals surface area contributed by atoms with E-state index in [0.29, 0.717) is 11.8 Å². The summed E-state index contributed by atoms with van der Waals surface area (Å²) in [6.07, 6.45) is 17.3. The van der Waals surface area contributed by atoms with Crippen molar-refractivity contribution in [3.05, 3.63) is 0 Å². The van der Waals surface area contributed by atoms with E-state index in [4.69, 9.17) is 5.73 Å². The summed E-state index contributed by atoms with van der Waals surface area (Å²) in [5, 5.41) is -0.357. The lowest BCUT2D eigenvalue weighted by Gasteiger charge is -2.43. The third-order valence-corrected chi connectivity index (χ3v) is 11.0. The molecule has 2 nitrogen and oxygen atoms in total. The number of hydrogen-bond donors (Lipinski definition) is 1. The monoisotopic (exact) mass is 371 g/mol. The molecule has 2 N–H and O–H groups in total. The Balaban J connectivity index is 2.96. The van der Waals surface area contributed by atoms with Crippen LogP contribution in [0.1, 0.15) is 111 Å². The Morgan fingerprint density at radius 2 is 1.28 bits per heavy atom. The standard InChI is InChI=1S/C22H46NOP/c1-5-9-14-20(7-3)18-25(24,19-21(8-4)15-10-6-2)22(23)16-12-11-13-17-22/h20-21H,5-19,23H2,1-4H3. The lowest BCUT2D eigenvalue weighted by atomic mass is 9.95. The number of hydrogen-bond acceptors (Lipinski definition) is 2. The predicted molar refractivity (Wildman–Crippen MR) is 114 cm³/mol. The van der Waals surface area contributed by atoms with Crippen LogP contribution in [0.25, 0.3) is 0 Å². The zero-order chi connectivity index (χ0) is 18.8. The van der Waals surface area contributed by atoms with Crippen molar-refractivity contribution in [2.45, 2.75) is 116 Å². The van der Waals surface area contributed by atoms with Crippen molar-refractivity contribution in [3.63, 3.8) is 0 Å². The van der Waals surface area contributed by atoms with Gasteiger partial charge in [-0.25, -0.2) is 0 Å². The normalized spacial score (nSPS) is 22.3. The van der Waals surface area contributed by atoms with Crippen LogP contribution in [0, 0.1) is 11.8 Å². The molecule has 0 radical (unpaired) electrons. The molecule has 0 aliphatic heterocycles. The predicted octanol–water partition coefficient (Wildman–Crippen LogP) is 7.40. The summed E-state index contributed by atoms with van der Waals surface area (Å²) in [7, 11) is -2.35. The van der Waals surface area contributed by atoms with E-state index in [-0.39, 0.29) is 5.28 Å². The zero-order valence-corrected chi connectivity index (χ0v) is 18.6. The van der Waals surface area contributed by atoms with E-state index in [2.05, 4.69) is 27.7 Å². The van der Waals surface area contributed by atoms with Crippen molar-refractivity contribution in [2.75, 3.05) is 12.3 Å². The molecule has 0 amide bonds. The van der Waals surface area contributed by atoms with Gasteiger partial charge in [-0.05, 0) is 24.7 Å². The highest BCUT2D eigenvalue weighted by Gasteiger charge is 2.46. The fourth-order valence-corrected chi connectivity index (χ4v) is 9.24. The van der Waals surface area contributed by atoms with E-state index in [1.807, 2.05) is 0 Å². The Morgan fingerprint density at radius 3 is 1.64 bits per heavy atom. The van der Waals surface area contributed by atoms with Gasteiger partial charge in [0.2, 0.25) is 0 Å². The largest absolute Gasteiger partial charge is 0.322 e. The molecule has 1 fully saturated rings. The molecule has 2 atom stereocenters. The molecule has 0 aromatic heterocycles. The van der Waals surface area contributed by atoms with Gasteiger partial charge in [0, 0.05) is 12.3 Å². The van der Waals surface area contributed by atoms with Crippen molar-refractivity contribution in [1.29, 1.82) is 0 Å².